The van der Waals surface area contributed by atoms with Crippen molar-refractivity contribution in [2.24, 2.45) is 5.73 Å². The summed E-state index contributed by atoms with van der Waals surface area (Å²) in [6.07, 6.45) is 0.913. The summed E-state index contributed by atoms with van der Waals surface area (Å²) in [5, 5.41) is 0. The molecule has 2 N–H and O–H groups in total. The second kappa shape index (κ2) is 5.52. The van der Waals surface area contributed by atoms with Gasteiger partial charge in [-0.3, -0.25) is 4.79 Å². The number of aryl methyl sites for hydroxylation is 2. The fourth-order valence-corrected chi connectivity index (χ4v) is 2.28. The van der Waals surface area contributed by atoms with Crippen LogP contribution in [0.2, 0.25) is 0 Å². The number of amides is 1. The summed E-state index contributed by atoms with van der Waals surface area (Å²) in [6, 6.07) is 6.09. The first kappa shape index (κ1) is 14.0. The lowest BCUT2D eigenvalue weighted by molar-refractivity contribution is 0.0789. The highest BCUT2D eigenvalue weighted by Crippen LogP contribution is 2.18. The molecule has 2 rings (SSSR count). The monoisotopic (exact) mass is 254 g/mol. The molecule has 0 aliphatic carbocycles. The van der Waals surface area contributed by atoms with E-state index in [1.807, 2.05) is 36.9 Å². The molecule has 1 amide bonds. The molecule has 17 heavy (non-hydrogen) atoms. The summed E-state index contributed by atoms with van der Waals surface area (Å²) in [5.41, 5.74) is 8.76. The van der Waals surface area contributed by atoms with E-state index in [0.717, 1.165) is 29.7 Å². The van der Waals surface area contributed by atoms with Gasteiger partial charge in [-0.15, -0.1) is 12.4 Å². The number of halogens is 1. The minimum atomic E-state index is 0. The third-order valence-electron chi connectivity index (χ3n) is 3.21. The van der Waals surface area contributed by atoms with Crippen molar-refractivity contribution < 1.29 is 4.79 Å². The van der Waals surface area contributed by atoms with Crippen LogP contribution in [0.5, 0.6) is 0 Å². The second-order valence-corrected chi connectivity index (χ2v) is 4.57. The fourth-order valence-electron chi connectivity index (χ4n) is 2.28. The standard InChI is InChI=1S/C13H18N2O.ClH/c1-9-4-3-5-10(2)12(9)13(16)15-7-6-11(14)8-15;/h3-5,11H,6-8,14H2,1-2H3;1H. The SMILES string of the molecule is Cc1cccc(C)c1C(=O)N1CCC(N)C1.Cl. The van der Waals surface area contributed by atoms with Crippen molar-refractivity contribution >= 4 is 18.3 Å². The Balaban J connectivity index is 0.00000144. The Morgan fingerprint density at radius 3 is 2.41 bits per heavy atom. The number of carbonyl (C=O) groups is 1. The Bertz CT molecular complexity index is 400. The Hall–Kier alpha value is -1.06. The number of carbonyl (C=O) groups excluding carboxylic acids is 1. The van der Waals surface area contributed by atoms with E-state index in [1.165, 1.54) is 0 Å². The smallest absolute Gasteiger partial charge is 0.254 e. The molecule has 1 unspecified atom stereocenters. The third-order valence-corrected chi connectivity index (χ3v) is 3.21. The lowest BCUT2D eigenvalue weighted by Crippen LogP contribution is -2.32. The minimum Gasteiger partial charge on any atom is -0.337 e. The molecule has 1 aliphatic rings. The van der Waals surface area contributed by atoms with Gasteiger partial charge in [0.05, 0.1) is 0 Å². The lowest BCUT2D eigenvalue weighted by Gasteiger charge is -2.18. The van der Waals surface area contributed by atoms with Crippen molar-refractivity contribution in [1.82, 2.24) is 4.90 Å². The van der Waals surface area contributed by atoms with Crippen LogP contribution in [0.4, 0.5) is 0 Å². The van der Waals surface area contributed by atoms with Crippen LogP contribution in [0.25, 0.3) is 0 Å². The summed E-state index contributed by atoms with van der Waals surface area (Å²) in [4.78, 5) is 14.2. The minimum absolute atomic E-state index is 0. The summed E-state index contributed by atoms with van der Waals surface area (Å²) in [5.74, 6) is 0.128. The Morgan fingerprint density at radius 2 is 1.94 bits per heavy atom. The van der Waals surface area contributed by atoms with E-state index in [0.29, 0.717) is 6.54 Å². The Morgan fingerprint density at radius 1 is 1.35 bits per heavy atom. The predicted molar refractivity (Wildman–Crippen MR) is 71.7 cm³/mol. The van der Waals surface area contributed by atoms with Crippen LogP contribution in [0.3, 0.4) is 0 Å². The van der Waals surface area contributed by atoms with E-state index >= 15 is 0 Å². The quantitative estimate of drug-likeness (QED) is 0.832. The summed E-state index contributed by atoms with van der Waals surface area (Å²) < 4.78 is 0. The molecule has 0 spiro atoms. The van der Waals surface area contributed by atoms with Gasteiger partial charge in [0.25, 0.3) is 5.91 Å². The summed E-state index contributed by atoms with van der Waals surface area (Å²) >= 11 is 0. The number of nitrogens with two attached hydrogens (primary N) is 1. The maximum atomic E-state index is 12.3. The maximum absolute atomic E-state index is 12.3. The molecule has 0 saturated carbocycles. The van der Waals surface area contributed by atoms with Gasteiger partial charge in [0, 0.05) is 24.7 Å². The number of rotatable bonds is 1. The number of hydrogen-bond donors (Lipinski definition) is 1. The van der Waals surface area contributed by atoms with Gasteiger partial charge in [-0.05, 0) is 31.4 Å². The third kappa shape index (κ3) is 2.79. The molecular formula is C13H19ClN2O. The van der Waals surface area contributed by atoms with Crippen LogP contribution in [0.1, 0.15) is 27.9 Å². The molecule has 1 aromatic rings. The Labute approximate surface area is 108 Å². The molecule has 0 radical (unpaired) electrons. The highest BCUT2D eigenvalue weighted by molar-refractivity contribution is 5.97. The largest absolute Gasteiger partial charge is 0.337 e. The summed E-state index contributed by atoms with van der Waals surface area (Å²) in [6.45, 7) is 5.44. The molecule has 1 aliphatic heterocycles. The average molecular weight is 255 g/mol. The van der Waals surface area contributed by atoms with Crippen LogP contribution in [0, 0.1) is 13.8 Å². The zero-order valence-corrected chi connectivity index (χ0v) is 11.1. The summed E-state index contributed by atoms with van der Waals surface area (Å²) in [7, 11) is 0. The maximum Gasteiger partial charge on any atom is 0.254 e. The van der Waals surface area contributed by atoms with Crippen LogP contribution in [0.15, 0.2) is 18.2 Å². The van der Waals surface area contributed by atoms with Crippen LogP contribution < -0.4 is 5.73 Å². The topological polar surface area (TPSA) is 46.3 Å². The number of hydrogen-bond acceptors (Lipinski definition) is 2. The van der Waals surface area contributed by atoms with Gasteiger partial charge >= 0.3 is 0 Å². The lowest BCUT2D eigenvalue weighted by atomic mass is 10.0. The first-order valence-corrected chi connectivity index (χ1v) is 5.70. The van der Waals surface area contributed by atoms with Gasteiger partial charge in [0.15, 0.2) is 0 Å². The molecule has 0 bridgehead atoms. The van der Waals surface area contributed by atoms with Gasteiger partial charge in [0.2, 0.25) is 0 Å². The number of likely N-dealkylation sites (tertiary alicyclic amines) is 1. The van der Waals surface area contributed by atoms with Crippen molar-refractivity contribution in [3.8, 4) is 0 Å². The van der Waals surface area contributed by atoms with Crippen LogP contribution in [-0.4, -0.2) is 29.9 Å². The number of nitrogens with zero attached hydrogens (tertiary/aromatic N) is 1. The Kier molecular flexibility index (Phi) is 4.54. The highest BCUT2D eigenvalue weighted by atomic mass is 35.5. The average Bonchev–Trinajstić information content (AvgIpc) is 2.64. The molecule has 3 nitrogen and oxygen atoms in total. The molecule has 1 atom stereocenters. The molecule has 1 saturated heterocycles. The van der Waals surface area contributed by atoms with Crippen molar-refractivity contribution in [2.75, 3.05) is 13.1 Å². The molecule has 1 heterocycles. The zero-order valence-electron chi connectivity index (χ0n) is 10.3. The van der Waals surface area contributed by atoms with Crippen LogP contribution >= 0.6 is 12.4 Å². The van der Waals surface area contributed by atoms with Gasteiger partial charge in [-0.25, -0.2) is 0 Å². The van der Waals surface area contributed by atoms with E-state index < -0.39 is 0 Å². The first-order valence-electron chi connectivity index (χ1n) is 5.70. The van der Waals surface area contributed by atoms with E-state index in [4.69, 9.17) is 5.73 Å². The predicted octanol–water partition coefficient (Wildman–Crippen LogP) is 1.90. The normalized spacial score (nSPS) is 19.0. The highest BCUT2D eigenvalue weighted by Gasteiger charge is 2.26. The van der Waals surface area contributed by atoms with E-state index in [9.17, 15) is 4.79 Å². The van der Waals surface area contributed by atoms with Gasteiger partial charge in [0.1, 0.15) is 0 Å². The fraction of sp³-hybridized carbons (Fsp3) is 0.462. The van der Waals surface area contributed by atoms with Crippen molar-refractivity contribution in [3.05, 3.63) is 34.9 Å². The molecule has 4 heteroatoms. The van der Waals surface area contributed by atoms with E-state index in [-0.39, 0.29) is 24.4 Å². The molecule has 94 valence electrons. The van der Waals surface area contributed by atoms with Crippen molar-refractivity contribution in [3.63, 3.8) is 0 Å². The van der Waals surface area contributed by atoms with Crippen molar-refractivity contribution in [1.29, 1.82) is 0 Å². The van der Waals surface area contributed by atoms with E-state index in [1.54, 1.807) is 0 Å². The molecule has 1 aromatic carbocycles. The van der Waals surface area contributed by atoms with Crippen molar-refractivity contribution in [2.45, 2.75) is 26.3 Å². The van der Waals surface area contributed by atoms with Gasteiger partial charge in [-0.1, -0.05) is 18.2 Å². The van der Waals surface area contributed by atoms with Gasteiger partial charge in [-0.2, -0.15) is 0 Å². The molecular weight excluding hydrogens is 236 g/mol. The second-order valence-electron chi connectivity index (χ2n) is 4.57. The molecule has 0 aromatic heterocycles. The first-order chi connectivity index (χ1) is 7.59. The number of benzene rings is 1. The molecule has 1 fully saturated rings. The zero-order chi connectivity index (χ0) is 11.7. The van der Waals surface area contributed by atoms with Gasteiger partial charge < -0.3 is 10.6 Å². The van der Waals surface area contributed by atoms with E-state index in [2.05, 4.69) is 0 Å². The van der Waals surface area contributed by atoms with Crippen LogP contribution in [-0.2, 0) is 0 Å².